The fourth-order valence-electron chi connectivity index (χ4n) is 1.33. The summed E-state index contributed by atoms with van der Waals surface area (Å²) in [5.41, 5.74) is 3.24. The summed E-state index contributed by atoms with van der Waals surface area (Å²) in [6.07, 6.45) is 0. The van der Waals surface area contributed by atoms with Crippen molar-refractivity contribution >= 4 is 14.7 Å². The van der Waals surface area contributed by atoms with Crippen molar-refractivity contribution in [3.8, 4) is 11.3 Å². The minimum Gasteiger partial charge on any atom is -0.342 e. The molecule has 2 nitrogen and oxygen atoms in total. The van der Waals surface area contributed by atoms with Crippen LogP contribution in [0.15, 0.2) is 30.3 Å². The molecule has 0 aliphatic carbocycles. The monoisotopic (exact) mass is 190 g/mol. The first-order valence-electron chi connectivity index (χ1n) is 4.15. The minimum atomic E-state index is 0.948. The van der Waals surface area contributed by atoms with Crippen LogP contribution in [-0.2, 0) is 0 Å². The Labute approximate surface area is 79.6 Å². The van der Waals surface area contributed by atoms with Gasteiger partial charge in [0.1, 0.15) is 5.82 Å². The van der Waals surface area contributed by atoms with Gasteiger partial charge in [0.25, 0.3) is 0 Å². The van der Waals surface area contributed by atoms with Gasteiger partial charge in [-0.25, -0.2) is 4.98 Å². The highest BCUT2D eigenvalue weighted by Crippen LogP contribution is 2.15. The number of rotatable bonds is 1. The molecule has 1 atom stereocenters. The van der Waals surface area contributed by atoms with Gasteiger partial charge in [-0.3, -0.25) is 0 Å². The van der Waals surface area contributed by atoms with Gasteiger partial charge in [0.05, 0.1) is 11.1 Å². The summed E-state index contributed by atoms with van der Waals surface area (Å²) in [7, 11) is 2.64. The highest BCUT2D eigenvalue weighted by molar-refractivity contribution is 7.27. The van der Waals surface area contributed by atoms with Crippen LogP contribution in [0.2, 0.25) is 0 Å². The average molecular weight is 190 g/mol. The van der Waals surface area contributed by atoms with E-state index in [1.807, 2.05) is 25.1 Å². The van der Waals surface area contributed by atoms with Gasteiger partial charge in [0.15, 0.2) is 0 Å². The first-order valence-corrected chi connectivity index (χ1v) is 4.72. The molecule has 1 aromatic heterocycles. The van der Waals surface area contributed by atoms with Crippen LogP contribution in [0, 0.1) is 6.92 Å². The molecule has 0 saturated carbocycles. The number of imidazole rings is 1. The van der Waals surface area contributed by atoms with E-state index < -0.39 is 0 Å². The van der Waals surface area contributed by atoms with Crippen molar-refractivity contribution in [1.82, 2.24) is 9.97 Å². The molecule has 0 aliphatic heterocycles. The van der Waals surface area contributed by atoms with E-state index >= 15 is 0 Å². The van der Waals surface area contributed by atoms with Crippen LogP contribution in [0.1, 0.15) is 5.82 Å². The zero-order chi connectivity index (χ0) is 9.26. The zero-order valence-electron chi connectivity index (χ0n) is 7.41. The van der Waals surface area contributed by atoms with Gasteiger partial charge in [0, 0.05) is 5.56 Å². The van der Waals surface area contributed by atoms with Crippen molar-refractivity contribution < 1.29 is 0 Å². The molecule has 66 valence electrons. The smallest absolute Gasteiger partial charge is 0.104 e. The van der Waals surface area contributed by atoms with Crippen LogP contribution >= 0.6 is 9.24 Å². The summed E-state index contributed by atoms with van der Waals surface area (Å²) in [6, 6.07) is 10.2. The predicted octanol–water partition coefficient (Wildman–Crippen LogP) is 1.89. The molecule has 0 saturated heterocycles. The number of nitrogens with one attached hydrogen (secondary N) is 1. The Morgan fingerprint density at radius 2 is 1.92 bits per heavy atom. The second-order valence-corrected chi connectivity index (χ2v) is 3.50. The van der Waals surface area contributed by atoms with Gasteiger partial charge in [-0.05, 0) is 6.92 Å². The maximum absolute atomic E-state index is 4.29. The summed E-state index contributed by atoms with van der Waals surface area (Å²) in [6.45, 7) is 1.96. The Morgan fingerprint density at radius 3 is 2.46 bits per heavy atom. The molecule has 0 fully saturated rings. The third-order valence-corrected chi connectivity index (χ3v) is 2.33. The largest absolute Gasteiger partial charge is 0.342 e. The second-order valence-electron chi connectivity index (χ2n) is 2.95. The molecule has 1 unspecified atom stereocenters. The predicted molar refractivity (Wildman–Crippen MR) is 58.1 cm³/mol. The first-order chi connectivity index (χ1) is 6.27. The highest BCUT2D eigenvalue weighted by atomic mass is 31.0. The number of aryl methyl sites for hydroxylation is 1. The summed E-state index contributed by atoms with van der Waals surface area (Å²) in [4.78, 5) is 7.52. The zero-order valence-corrected chi connectivity index (χ0v) is 8.57. The summed E-state index contributed by atoms with van der Waals surface area (Å²) >= 11 is 0. The van der Waals surface area contributed by atoms with Crippen molar-refractivity contribution in [2.24, 2.45) is 0 Å². The van der Waals surface area contributed by atoms with Gasteiger partial charge in [-0.15, -0.1) is 0 Å². The second kappa shape index (κ2) is 3.31. The lowest BCUT2D eigenvalue weighted by atomic mass is 10.2. The molecule has 1 aromatic carbocycles. The molecule has 2 rings (SSSR count). The number of aromatic nitrogens is 2. The number of H-pyrrole nitrogens is 1. The first kappa shape index (κ1) is 8.46. The van der Waals surface area contributed by atoms with Crippen LogP contribution < -0.4 is 5.44 Å². The standard InChI is InChI=1S/C10H11N2P/c1-7-11-9(10(13)12-7)8-5-3-2-4-6-8/h2-6H,13H2,1H3,(H,11,12). The normalized spacial score (nSPS) is 10.3. The summed E-state index contributed by atoms with van der Waals surface area (Å²) in [5, 5.41) is 0. The lowest BCUT2D eigenvalue weighted by Gasteiger charge is -1.97. The van der Waals surface area contributed by atoms with Gasteiger partial charge in [-0.1, -0.05) is 39.6 Å². The van der Waals surface area contributed by atoms with Crippen molar-refractivity contribution in [3.05, 3.63) is 36.2 Å². The quantitative estimate of drug-likeness (QED) is 0.683. The molecular formula is C10H11N2P. The van der Waals surface area contributed by atoms with Crippen molar-refractivity contribution in [3.63, 3.8) is 0 Å². The van der Waals surface area contributed by atoms with E-state index in [0.29, 0.717) is 0 Å². The van der Waals surface area contributed by atoms with E-state index in [1.54, 1.807) is 0 Å². The van der Waals surface area contributed by atoms with Crippen LogP contribution in [0.3, 0.4) is 0 Å². The third kappa shape index (κ3) is 1.63. The van der Waals surface area contributed by atoms with Crippen LogP contribution in [0.4, 0.5) is 0 Å². The van der Waals surface area contributed by atoms with E-state index in [4.69, 9.17) is 0 Å². The van der Waals surface area contributed by atoms with Crippen LogP contribution in [0.5, 0.6) is 0 Å². The van der Waals surface area contributed by atoms with Crippen molar-refractivity contribution in [2.45, 2.75) is 6.92 Å². The van der Waals surface area contributed by atoms with Gasteiger partial charge in [-0.2, -0.15) is 0 Å². The number of nitrogens with zero attached hydrogens (tertiary/aromatic N) is 1. The number of hydrogen-bond acceptors (Lipinski definition) is 1. The number of aromatic amines is 1. The van der Waals surface area contributed by atoms with Crippen molar-refractivity contribution in [2.75, 3.05) is 0 Å². The molecule has 0 spiro atoms. The number of benzene rings is 1. The lowest BCUT2D eigenvalue weighted by Crippen LogP contribution is -1.94. The fraction of sp³-hybridized carbons (Fsp3) is 0.100. The topological polar surface area (TPSA) is 28.7 Å². The van der Waals surface area contributed by atoms with Crippen LogP contribution in [-0.4, -0.2) is 9.97 Å². The van der Waals surface area contributed by atoms with E-state index in [0.717, 1.165) is 17.0 Å². The van der Waals surface area contributed by atoms with Crippen LogP contribution in [0.25, 0.3) is 11.3 Å². The maximum atomic E-state index is 4.29. The van der Waals surface area contributed by atoms with E-state index in [1.165, 1.54) is 5.56 Å². The molecule has 0 amide bonds. The Balaban J connectivity index is 2.53. The van der Waals surface area contributed by atoms with Gasteiger partial charge in [0.2, 0.25) is 0 Å². The van der Waals surface area contributed by atoms with E-state index in [9.17, 15) is 0 Å². The maximum Gasteiger partial charge on any atom is 0.104 e. The Kier molecular flexibility index (Phi) is 2.15. The molecular weight excluding hydrogens is 179 g/mol. The van der Waals surface area contributed by atoms with E-state index in [-0.39, 0.29) is 0 Å². The number of hydrogen-bond donors (Lipinski definition) is 1. The molecule has 2 aromatic rings. The highest BCUT2D eigenvalue weighted by Gasteiger charge is 2.04. The molecule has 1 heterocycles. The third-order valence-electron chi connectivity index (χ3n) is 1.91. The minimum absolute atomic E-state index is 0.948. The average Bonchev–Trinajstić information content (AvgIpc) is 2.47. The Bertz CT molecular complexity index is 406. The fourth-order valence-corrected chi connectivity index (χ4v) is 1.77. The molecule has 0 aliphatic rings. The van der Waals surface area contributed by atoms with E-state index in [2.05, 4.69) is 31.3 Å². The molecule has 13 heavy (non-hydrogen) atoms. The SMILES string of the molecule is Cc1nc(P)c(-c2ccccc2)[nH]1. The summed E-state index contributed by atoms with van der Waals surface area (Å²) in [5.74, 6) is 0.948. The van der Waals surface area contributed by atoms with Gasteiger partial charge < -0.3 is 4.98 Å². The van der Waals surface area contributed by atoms with Gasteiger partial charge >= 0.3 is 0 Å². The lowest BCUT2D eigenvalue weighted by molar-refractivity contribution is 1.16. The Hall–Kier alpha value is -1.14. The van der Waals surface area contributed by atoms with Crippen molar-refractivity contribution in [1.29, 1.82) is 0 Å². The molecule has 0 radical (unpaired) electrons. The molecule has 0 bridgehead atoms. The summed E-state index contributed by atoms with van der Waals surface area (Å²) < 4.78 is 0. The molecule has 1 N–H and O–H groups in total. The molecule has 3 heteroatoms. The Morgan fingerprint density at radius 1 is 1.23 bits per heavy atom.